The molecule has 11 heteroatoms. The van der Waals surface area contributed by atoms with Crippen LogP contribution in [-0.2, 0) is 23.5 Å². The first-order chi connectivity index (χ1) is 14.5. The van der Waals surface area contributed by atoms with Crippen LogP contribution in [0.4, 0.5) is 11.6 Å². The molecular weight excluding hydrogens is 480 g/mol. The van der Waals surface area contributed by atoms with Crippen LogP contribution in [0.1, 0.15) is 11.1 Å². The van der Waals surface area contributed by atoms with Gasteiger partial charge in [0.05, 0.1) is 0 Å². The predicted molar refractivity (Wildman–Crippen MR) is 136 cm³/mol. The quantitative estimate of drug-likeness (QED) is 0.452. The number of aryl methyl sites for hydroxylation is 2. The molecule has 0 amide bonds. The average molecular weight is 517 g/mol. The number of pyridine rings is 2. The van der Waals surface area contributed by atoms with Crippen molar-refractivity contribution in [3.63, 3.8) is 0 Å². The first-order valence-corrected chi connectivity index (χ1v) is 17.6. The normalized spacial score (nSPS) is 10.4. The van der Waals surface area contributed by atoms with Crippen LogP contribution in [0.25, 0.3) is 15.3 Å². The molecule has 1 N–H and O–H groups in total. The van der Waals surface area contributed by atoms with Crippen molar-refractivity contribution in [2.24, 2.45) is 0 Å². The molecule has 2 rings (SSSR count). The fraction of sp³-hybridized carbons (Fsp3) is 0.500. The summed E-state index contributed by atoms with van der Waals surface area (Å²) in [6.45, 7) is 12.4. The zero-order valence-electron chi connectivity index (χ0n) is 20.5. The van der Waals surface area contributed by atoms with E-state index in [4.69, 9.17) is 14.1 Å². The Morgan fingerprint density at radius 2 is 1.13 bits per heavy atom. The monoisotopic (exact) mass is 516 g/mol. The number of halogens is 1. The van der Waals surface area contributed by atoms with Gasteiger partial charge < -0.3 is 34.7 Å². The predicted octanol–water partition coefficient (Wildman–Crippen LogP) is 6.37. The van der Waals surface area contributed by atoms with E-state index >= 15 is 0 Å². The molecule has 0 aliphatic rings. The average Bonchev–Trinajstić information content (AvgIpc) is 2.63. The van der Waals surface area contributed by atoms with Crippen molar-refractivity contribution in [2.45, 2.75) is 40.0 Å². The zero-order chi connectivity index (χ0) is 24.5. The summed E-state index contributed by atoms with van der Waals surface area (Å²) in [5.74, 6) is 1.47. The summed E-state index contributed by atoms with van der Waals surface area (Å²) in [7, 11) is 7.35. The number of aromatic nitrogens is 2. The third-order valence-corrected chi connectivity index (χ3v) is 8.60. The van der Waals surface area contributed by atoms with E-state index in [1.807, 2.05) is 52.2 Å². The molecule has 172 valence electrons. The third kappa shape index (κ3) is 17.5. The molecule has 0 atom stereocenters. The number of nitrogens with zero attached hydrogens (tertiary/aromatic N) is 5. The Balaban J connectivity index is 0. The van der Waals surface area contributed by atoms with Gasteiger partial charge in [0.2, 0.25) is 0 Å². The topological polar surface area (TPSA) is 89.3 Å². The van der Waals surface area contributed by atoms with Crippen LogP contribution in [0.5, 0.6) is 0 Å². The van der Waals surface area contributed by atoms with Crippen molar-refractivity contribution in [3.05, 3.63) is 63.1 Å². The molecule has 0 aliphatic carbocycles. The Kier molecular flexibility index (Phi) is 18.5. The van der Waals surface area contributed by atoms with E-state index in [-0.39, 0.29) is 0 Å². The Morgan fingerprint density at radius 3 is 1.39 bits per heavy atom. The van der Waals surface area contributed by atoms with E-state index in [2.05, 4.69) is 56.1 Å². The molecule has 2 heterocycles. The molecule has 7 nitrogen and oxygen atoms in total. The third-order valence-electron chi connectivity index (χ3n) is 3.07. The van der Waals surface area contributed by atoms with Crippen LogP contribution >= 0.6 is 9.30 Å². The first-order valence-electron chi connectivity index (χ1n) is 9.75. The fourth-order valence-electron chi connectivity index (χ4n) is 2.37. The van der Waals surface area contributed by atoms with Gasteiger partial charge in [0.15, 0.2) is 17.0 Å². The van der Waals surface area contributed by atoms with Crippen molar-refractivity contribution in [2.75, 3.05) is 28.2 Å². The number of rotatable bonds is 6. The van der Waals surface area contributed by atoms with Gasteiger partial charge in [-0.05, 0) is 54.1 Å². The van der Waals surface area contributed by atoms with Gasteiger partial charge in [-0.25, -0.2) is 0 Å². The second-order valence-corrected chi connectivity index (χ2v) is 14.6. The standard InChI is InChI=1S/C16H24N4OSi2.C2H7N.C2H6N.ClH.Ti/c1-13-7-9-17-15(11-13)19-22(3,4)21-23(5,6)20-16-12-14(2)8-10-18-16;2*1-3-2;;/h7-12H,1-6H3;3H,1-2H3;1-2H3;1H;/q-2;;-1;;+4/p-1. The van der Waals surface area contributed by atoms with Crippen molar-refractivity contribution in [3.8, 4) is 0 Å². The van der Waals surface area contributed by atoms with E-state index in [1.165, 1.54) is 19.4 Å². The molecule has 0 radical (unpaired) electrons. The minimum absolute atomic E-state index is 0.736. The Bertz CT molecular complexity index is 666. The van der Waals surface area contributed by atoms with Gasteiger partial charge in [-0.1, -0.05) is 59.4 Å². The van der Waals surface area contributed by atoms with Gasteiger partial charge in [-0.15, -0.1) is 0 Å². The van der Waals surface area contributed by atoms with E-state index in [1.54, 1.807) is 26.5 Å². The summed E-state index contributed by atoms with van der Waals surface area (Å²) in [5.41, 5.74) is 2.29. The molecule has 0 spiro atoms. The second kappa shape index (κ2) is 17.7. The Labute approximate surface area is 207 Å². The summed E-state index contributed by atoms with van der Waals surface area (Å²) in [6.07, 6.45) is 3.56. The van der Waals surface area contributed by atoms with Crippen LogP contribution in [0.3, 0.4) is 0 Å². The molecule has 0 bridgehead atoms. The molecule has 0 fully saturated rings. The summed E-state index contributed by atoms with van der Waals surface area (Å²) in [6, 6.07) is 7.88. The summed E-state index contributed by atoms with van der Waals surface area (Å²) in [5, 5.41) is 6.25. The Morgan fingerprint density at radius 1 is 0.839 bits per heavy atom. The van der Waals surface area contributed by atoms with Crippen LogP contribution < -0.4 is 5.32 Å². The Hall–Kier alpha value is -0.782. The van der Waals surface area contributed by atoms with Crippen molar-refractivity contribution in [1.82, 2.24) is 15.3 Å². The second-order valence-electron chi connectivity index (χ2n) is 7.55. The van der Waals surface area contributed by atoms with E-state index in [0.717, 1.165) is 22.8 Å². The van der Waals surface area contributed by atoms with Crippen LogP contribution in [-0.4, -0.2) is 55.1 Å². The number of hydrogen-bond donors (Lipinski definition) is 1. The van der Waals surface area contributed by atoms with E-state index in [9.17, 15) is 0 Å². The van der Waals surface area contributed by atoms with Gasteiger partial charge >= 0.3 is 28.7 Å². The SMILES string of the molecule is CNC.C[N-]C.Cc1ccnc([N-][Si](C)(C)O[Si](C)(C)[N-]c2cc(C)ccn2)c1.[Cl][Ti+3]. The van der Waals surface area contributed by atoms with E-state index < -0.39 is 17.0 Å². The fourth-order valence-corrected chi connectivity index (χ4v) is 8.97. The molecule has 2 aromatic rings. The molecule has 2 aromatic heterocycles. The summed E-state index contributed by atoms with van der Waals surface area (Å²) >= 11 is 1.47. The van der Waals surface area contributed by atoms with Gasteiger partial charge in [0.1, 0.15) is 0 Å². The molecule has 0 aromatic carbocycles. The molecule has 0 saturated heterocycles. The molecule has 0 unspecified atom stereocenters. The van der Waals surface area contributed by atoms with Crippen LogP contribution in [0, 0.1) is 13.8 Å². The summed E-state index contributed by atoms with van der Waals surface area (Å²) < 4.78 is 6.38. The number of hydrogen-bond acceptors (Lipinski definition) is 4. The zero-order valence-corrected chi connectivity index (χ0v) is 24.8. The van der Waals surface area contributed by atoms with Gasteiger partial charge in [0, 0.05) is 0 Å². The van der Waals surface area contributed by atoms with Crippen LogP contribution in [0.15, 0.2) is 36.7 Å². The summed E-state index contributed by atoms with van der Waals surface area (Å²) in [4.78, 5) is 18.1. The van der Waals surface area contributed by atoms with Crippen molar-refractivity contribution >= 4 is 37.9 Å². The van der Waals surface area contributed by atoms with Gasteiger partial charge in [-0.2, -0.15) is 14.1 Å². The molecular formula is C20H37ClN6OSi2Ti. The maximum absolute atomic E-state index is 6.38. The van der Waals surface area contributed by atoms with Crippen molar-refractivity contribution < 1.29 is 23.5 Å². The van der Waals surface area contributed by atoms with Crippen LogP contribution in [0.2, 0.25) is 26.2 Å². The molecule has 0 saturated carbocycles. The maximum atomic E-state index is 6.38. The minimum atomic E-state index is -2.27. The first kappa shape index (κ1) is 32.4. The van der Waals surface area contributed by atoms with E-state index in [0.29, 0.717) is 0 Å². The van der Waals surface area contributed by atoms with Gasteiger partial charge in [0.25, 0.3) is 0 Å². The molecule has 31 heavy (non-hydrogen) atoms. The van der Waals surface area contributed by atoms with Gasteiger partial charge in [-0.3, -0.25) is 0 Å². The molecule has 0 aliphatic heterocycles. The van der Waals surface area contributed by atoms with Crippen molar-refractivity contribution in [1.29, 1.82) is 0 Å². The number of nitrogens with one attached hydrogen (secondary N) is 1.